The Bertz CT molecular complexity index is 587. The summed E-state index contributed by atoms with van der Waals surface area (Å²) in [6, 6.07) is 4.47. The van der Waals surface area contributed by atoms with Crippen molar-refractivity contribution in [2.45, 2.75) is 6.92 Å². The van der Waals surface area contributed by atoms with Gasteiger partial charge in [-0.05, 0) is 25.1 Å². The molecule has 6 nitrogen and oxygen atoms in total. The molecule has 118 valence electrons. The number of carbonyl (C=O) groups is 1. The Morgan fingerprint density at radius 3 is 2.33 bits per heavy atom. The molecule has 0 atom stereocenters. The van der Waals surface area contributed by atoms with Gasteiger partial charge in [0, 0.05) is 16.6 Å². The Balaban J connectivity index is 2.85. The average Bonchev–Trinajstić information content (AvgIpc) is 2.32. The van der Waals surface area contributed by atoms with Crippen LogP contribution in [0, 0.1) is 0 Å². The molecule has 0 unspecified atom stereocenters. The van der Waals surface area contributed by atoms with Gasteiger partial charge in [-0.1, -0.05) is 23.2 Å². The molecule has 1 rings (SSSR count). The first-order chi connectivity index (χ1) is 9.74. The molecule has 0 radical (unpaired) electrons. The second-order valence-electron chi connectivity index (χ2n) is 4.11. The molecular weight excluding hydrogens is 339 g/mol. The highest BCUT2D eigenvalue weighted by Gasteiger charge is 2.18. The highest BCUT2D eigenvalue weighted by Crippen LogP contribution is 2.26. The zero-order valence-electron chi connectivity index (χ0n) is 11.6. The number of rotatable bonds is 6. The summed E-state index contributed by atoms with van der Waals surface area (Å²) in [4.78, 5) is 11.2. The van der Waals surface area contributed by atoms with E-state index < -0.39 is 16.1 Å². The van der Waals surface area contributed by atoms with Gasteiger partial charge < -0.3 is 10.1 Å². The van der Waals surface area contributed by atoms with Gasteiger partial charge in [-0.25, -0.2) is 13.2 Å². The van der Waals surface area contributed by atoms with E-state index >= 15 is 0 Å². The molecule has 0 heterocycles. The van der Waals surface area contributed by atoms with E-state index in [1.807, 2.05) is 0 Å². The van der Waals surface area contributed by atoms with Gasteiger partial charge in [0.2, 0.25) is 10.0 Å². The summed E-state index contributed by atoms with van der Waals surface area (Å²) < 4.78 is 29.5. The van der Waals surface area contributed by atoms with Gasteiger partial charge in [-0.15, -0.1) is 0 Å². The summed E-state index contributed by atoms with van der Waals surface area (Å²) in [5, 5.41) is 3.10. The van der Waals surface area contributed by atoms with Gasteiger partial charge in [0.25, 0.3) is 0 Å². The van der Waals surface area contributed by atoms with Crippen molar-refractivity contribution in [1.82, 2.24) is 5.32 Å². The molecule has 0 fully saturated rings. The van der Waals surface area contributed by atoms with Crippen molar-refractivity contribution in [3.8, 4) is 0 Å². The second-order valence-corrected chi connectivity index (χ2v) is 6.89. The number of ether oxygens (including phenoxy) is 1. The van der Waals surface area contributed by atoms with E-state index in [9.17, 15) is 13.2 Å². The van der Waals surface area contributed by atoms with Crippen molar-refractivity contribution in [3.05, 3.63) is 28.2 Å². The third-order valence-electron chi connectivity index (χ3n) is 2.40. The first-order valence-electron chi connectivity index (χ1n) is 6.08. The van der Waals surface area contributed by atoms with Crippen molar-refractivity contribution >= 4 is 45.0 Å². The van der Waals surface area contributed by atoms with Crippen LogP contribution in [-0.4, -0.2) is 40.5 Å². The topological polar surface area (TPSA) is 75.7 Å². The van der Waals surface area contributed by atoms with Gasteiger partial charge in [0.05, 0.1) is 25.1 Å². The molecule has 0 bridgehead atoms. The molecule has 1 N–H and O–H groups in total. The first-order valence-corrected chi connectivity index (χ1v) is 8.69. The fourth-order valence-electron chi connectivity index (χ4n) is 1.61. The number of carbonyl (C=O) groups excluding carboxylic acids is 1. The van der Waals surface area contributed by atoms with E-state index in [0.29, 0.717) is 15.7 Å². The number of sulfonamides is 1. The van der Waals surface area contributed by atoms with E-state index in [1.54, 1.807) is 6.92 Å². The fraction of sp³-hybridized carbons (Fsp3) is 0.417. The summed E-state index contributed by atoms with van der Waals surface area (Å²) >= 11 is 11.7. The van der Waals surface area contributed by atoms with E-state index in [2.05, 4.69) is 5.32 Å². The third kappa shape index (κ3) is 5.99. The molecule has 1 aromatic rings. The summed E-state index contributed by atoms with van der Waals surface area (Å²) in [5.41, 5.74) is 0.334. The Labute approximate surface area is 134 Å². The molecule has 0 aliphatic rings. The smallest absolute Gasteiger partial charge is 0.407 e. The standard InChI is InChI=1S/C12H16Cl2N2O4S/c1-3-20-12(17)15-4-5-16(21(2,18)19)11-7-9(13)6-10(14)8-11/h6-8H,3-5H2,1-2H3,(H,15,17). The van der Waals surface area contributed by atoms with Crippen LogP contribution < -0.4 is 9.62 Å². The predicted molar refractivity (Wildman–Crippen MR) is 83.7 cm³/mol. The van der Waals surface area contributed by atoms with Crippen molar-refractivity contribution in [1.29, 1.82) is 0 Å². The van der Waals surface area contributed by atoms with Crippen LogP contribution in [0.25, 0.3) is 0 Å². The van der Waals surface area contributed by atoms with Crippen molar-refractivity contribution in [3.63, 3.8) is 0 Å². The molecule has 9 heteroatoms. The minimum atomic E-state index is -3.54. The average molecular weight is 355 g/mol. The minimum Gasteiger partial charge on any atom is -0.450 e. The summed E-state index contributed by atoms with van der Waals surface area (Å²) in [7, 11) is -3.54. The highest BCUT2D eigenvalue weighted by molar-refractivity contribution is 7.92. The van der Waals surface area contributed by atoms with E-state index in [4.69, 9.17) is 27.9 Å². The minimum absolute atomic E-state index is 0.0360. The Morgan fingerprint density at radius 1 is 1.29 bits per heavy atom. The summed E-state index contributed by atoms with van der Waals surface area (Å²) in [5.74, 6) is 0. The molecule has 0 aromatic heterocycles. The van der Waals surface area contributed by atoms with Gasteiger partial charge in [0.15, 0.2) is 0 Å². The third-order valence-corrected chi connectivity index (χ3v) is 4.03. The predicted octanol–water partition coefficient (Wildman–Crippen LogP) is 2.51. The maximum absolute atomic E-state index is 11.9. The number of halogens is 2. The number of hydrogen-bond acceptors (Lipinski definition) is 4. The molecule has 0 saturated heterocycles. The van der Waals surface area contributed by atoms with Crippen molar-refractivity contribution < 1.29 is 17.9 Å². The van der Waals surface area contributed by atoms with Crippen LogP contribution in [0.1, 0.15) is 6.92 Å². The van der Waals surface area contributed by atoms with Gasteiger partial charge in [-0.2, -0.15) is 0 Å². The zero-order chi connectivity index (χ0) is 16.0. The molecule has 21 heavy (non-hydrogen) atoms. The van der Waals surface area contributed by atoms with Crippen LogP contribution in [0.3, 0.4) is 0 Å². The maximum atomic E-state index is 11.9. The molecule has 0 spiro atoms. The van der Waals surface area contributed by atoms with Crippen LogP contribution >= 0.6 is 23.2 Å². The molecule has 0 saturated carbocycles. The fourth-order valence-corrected chi connectivity index (χ4v) is 3.04. The number of hydrogen-bond donors (Lipinski definition) is 1. The number of amides is 1. The molecule has 0 aliphatic carbocycles. The Morgan fingerprint density at radius 2 is 1.86 bits per heavy atom. The number of nitrogens with zero attached hydrogens (tertiary/aromatic N) is 1. The summed E-state index contributed by atoms with van der Waals surface area (Å²) in [6.45, 7) is 2.05. The first kappa shape index (κ1) is 17.9. The monoisotopic (exact) mass is 354 g/mol. The van der Waals surface area contributed by atoms with Crippen LogP contribution in [0.5, 0.6) is 0 Å². The normalized spacial score (nSPS) is 11.0. The van der Waals surface area contributed by atoms with Crippen LogP contribution in [0.15, 0.2) is 18.2 Å². The molecule has 0 aliphatic heterocycles. The lowest BCUT2D eigenvalue weighted by atomic mass is 10.3. The number of benzene rings is 1. The number of anilines is 1. The van der Waals surface area contributed by atoms with Crippen LogP contribution in [0.2, 0.25) is 10.0 Å². The second kappa shape index (κ2) is 7.72. The van der Waals surface area contributed by atoms with Crippen LogP contribution in [-0.2, 0) is 14.8 Å². The van der Waals surface area contributed by atoms with E-state index in [0.717, 1.165) is 10.6 Å². The maximum Gasteiger partial charge on any atom is 0.407 e. The highest BCUT2D eigenvalue weighted by atomic mass is 35.5. The Kier molecular flexibility index (Phi) is 6.57. The molecular formula is C12H16Cl2N2O4S. The van der Waals surface area contributed by atoms with Crippen LogP contribution in [0.4, 0.5) is 10.5 Å². The lowest BCUT2D eigenvalue weighted by Crippen LogP contribution is -2.38. The molecule has 1 amide bonds. The van der Waals surface area contributed by atoms with Crippen molar-refractivity contribution in [2.75, 3.05) is 30.3 Å². The zero-order valence-corrected chi connectivity index (χ0v) is 13.9. The largest absolute Gasteiger partial charge is 0.450 e. The molecule has 1 aromatic carbocycles. The lowest BCUT2D eigenvalue weighted by Gasteiger charge is -2.23. The lowest BCUT2D eigenvalue weighted by molar-refractivity contribution is 0.152. The quantitative estimate of drug-likeness (QED) is 0.851. The van der Waals surface area contributed by atoms with E-state index in [-0.39, 0.29) is 19.7 Å². The van der Waals surface area contributed by atoms with Gasteiger partial charge in [-0.3, -0.25) is 4.31 Å². The van der Waals surface area contributed by atoms with Gasteiger partial charge >= 0.3 is 6.09 Å². The SMILES string of the molecule is CCOC(=O)NCCN(c1cc(Cl)cc(Cl)c1)S(C)(=O)=O. The number of alkyl carbamates (subject to hydrolysis) is 1. The Hall–Kier alpha value is -1.18. The summed E-state index contributed by atoms with van der Waals surface area (Å²) in [6.07, 6.45) is 0.460. The van der Waals surface area contributed by atoms with Crippen molar-refractivity contribution in [2.24, 2.45) is 0 Å². The van der Waals surface area contributed by atoms with Gasteiger partial charge in [0.1, 0.15) is 0 Å². The number of nitrogens with one attached hydrogen (secondary N) is 1. The van der Waals surface area contributed by atoms with E-state index in [1.165, 1.54) is 18.2 Å².